The third kappa shape index (κ3) is 2.78. The zero-order valence-corrected chi connectivity index (χ0v) is 12.4. The van der Waals surface area contributed by atoms with E-state index < -0.39 is 0 Å². The highest BCUT2D eigenvalue weighted by Crippen LogP contribution is 2.27. The first-order valence-corrected chi connectivity index (χ1v) is 6.65. The first-order chi connectivity index (χ1) is 8.75. The molecular formula is C14H17Cl2N3. The number of aromatic nitrogens is 1. The Kier molecular flexibility index (Phi) is 4.50. The highest BCUT2D eigenvalue weighted by molar-refractivity contribution is 6.35. The molecule has 5 heteroatoms. The number of benzene rings is 1. The van der Waals surface area contributed by atoms with Crippen LogP contribution in [0, 0.1) is 6.92 Å². The molecule has 3 nitrogen and oxygen atoms in total. The van der Waals surface area contributed by atoms with Gasteiger partial charge in [-0.25, -0.2) is 4.98 Å². The molecule has 0 bridgehead atoms. The van der Waals surface area contributed by atoms with Crippen molar-refractivity contribution in [1.82, 2.24) is 10.3 Å². The second-order valence-electron chi connectivity index (χ2n) is 4.67. The summed E-state index contributed by atoms with van der Waals surface area (Å²) in [5.41, 5.74) is 2.14. The van der Waals surface area contributed by atoms with Crippen LogP contribution in [0.4, 0.5) is 5.82 Å². The molecule has 1 aromatic carbocycles. The number of para-hydroxylation sites is 1. The van der Waals surface area contributed by atoms with Crippen molar-refractivity contribution in [3.63, 3.8) is 0 Å². The number of rotatable bonds is 1. The summed E-state index contributed by atoms with van der Waals surface area (Å²) in [6, 6.07) is 8.11. The second-order valence-corrected chi connectivity index (χ2v) is 5.08. The van der Waals surface area contributed by atoms with Crippen molar-refractivity contribution in [2.75, 3.05) is 31.1 Å². The number of pyridine rings is 1. The van der Waals surface area contributed by atoms with Gasteiger partial charge in [0.25, 0.3) is 0 Å². The third-order valence-electron chi connectivity index (χ3n) is 3.42. The quantitative estimate of drug-likeness (QED) is 0.877. The van der Waals surface area contributed by atoms with E-state index in [0.717, 1.165) is 47.9 Å². The van der Waals surface area contributed by atoms with E-state index in [4.69, 9.17) is 16.6 Å². The van der Waals surface area contributed by atoms with Gasteiger partial charge in [0.05, 0.1) is 10.5 Å². The van der Waals surface area contributed by atoms with Crippen LogP contribution in [0.2, 0.25) is 5.02 Å². The molecule has 1 N–H and O–H groups in total. The number of hydrogen-bond donors (Lipinski definition) is 1. The fourth-order valence-electron chi connectivity index (χ4n) is 2.42. The minimum absolute atomic E-state index is 0. The van der Waals surface area contributed by atoms with E-state index in [2.05, 4.69) is 29.3 Å². The van der Waals surface area contributed by atoms with Crippen molar-refractivity contribution in [3.05, 3.63) is 34.9 Å². The second kappa shape index (κ2) is 5.95. The van der Waals surface area contributed by atoms with Crippen LogP contribution in [0.5, 0.6) is 0 Å². The van der Waals surface area contributed by atoms with E-state index in [9.17, 15) is 0 Å². The minimum Gasteiger partial charge on any atom is -0.354 e. The highest BCUT2D eigenvalue weighted by atomic mass is 35.5. The number of nitrogens with one attached hydrogen (secondary N) is 1. The summed E-state index contributed by atoms with van der Waals surface area (Å²) >= 11 is 6.25. The monoisotopic (exact) mass is 297 g/mol. The van der Waals surface area contributed by atoms with Crippen LogP contribution in [0.15, 0.2) is 24.3 Å². The van der Waals surface area contributed by atoms with Crippen molar-refractivity contribution >= 4 is 40.7 Å². The Labute approximate surface area is 124 Å². The molecular weight excluding hydrogens is 281 g/mol. The average molecular weight is 298 g/mol. The topological polar surface area (TPSA) is 28.2 Å². The van der Waals surface area contributed by atoms with Gasteiger partial charge in [-0.2, -0.15) is 0 Å². The molecule has 1 saturated heterocycles. The molecule has 0 aliphatic carbocycles. The van der Waals surface area contributed by atoms with Gasteiger partial charge in [0, 0.05) is 31.6 Å². The molecule has 3 rings (SSSR count). The Morgan fingerprint density at radius 3 is 2.74 bits per heavy atom. The molecule has 0 unspecified atom stereocenters. The van der Waals surface area contributed by atoms with Gasteiger partial charge in [0.15, 0.2) is 0 Å². The van der Waals surface area contributed by atoms with Crippen molar-refractivity contribution in [1.29, 1.82) is 0 Å². The number of hydrogen-bond acceptors (Lipinski definition) is 3. The average Bonchev–Trinajstić information content (AvgIpc) is 2.41. The molecule has 2 heterocycles. The largest absolute Gasteiger partial charge is 0.354 e. The van der Waals surface area contributed by atoms with Gasteiger partial charge in [-0.3, -0.25) is 0 Å². The van der Waals surface area contributed by atoms with Crippen molar-refractivity contribution < 1.29 is 0 Å². The molecule has 2 aromatic rings. The smallest absolute Gasteiger partial charge is 0.129 e. The lowest BCUT2D eigenvalue weighted by Crippen LogP contribution is -2.43. The molecule has 0 amide bonds. The predicted octanol–water partition coefficient (Wildman–Crippen LogP) is 3.03. The molecule has 0 spiro atoms. The predicted molar refractivity (Wildman–Crippen MR) is 83.8 cm³/mol. The van der Waals surface area contributed by atoms with Crippen LogP contribution in [0.3, 0.4) is 0 Å². The van der Waals surface area contributed by atoms with E-state index in [1.807, 2.05) is 12.1 Å². The number of anilines is 1. The highest BCUT2D eigenvalue weighted by Gasteiger charge is 2.14. The molecule has 1 aliphatic heterocycles. The van der Waals surface area contributed by atoms with Gasteiger partial charge >= 0.3 is 0 Å². The van der Waals surface area contributed by atoms with Crippen molar-refractivity contribution in [2.24, 2.45) is 0 Å². The van der Waals surface area contributed by atoms with Gasteiger partial charge in [-0.05, 0) is 24.6 Å². The van der Waals surface area contributed by atoms with E-state index in [1.165, 1.54) is 5.56 Å². The summed E-state index contributed by atoms with van der Waals surface area (Å²) in [4.78, 5) is 7.04. The molecule has 102 valence electrons. The fraction of sp³-hybridized carbons (Fsp3) is 0.357. The van der Waals surface area contributed by atoms with E-state index in [-0.39, 0.29) is 12.4 Å². The summed E-state index contributed by atoms with van der Waals surface area (Å²) in [6.45, 7) is 6.15. The maximum atomic E-state index is 6.25. The Balaban J connectivity index is 0.00000133. The lowest BCUT2D eigenvalue weighted by molar-refractivity contribution is 0.585. The number of piperazine rings is 1. The van der Waals surface area contributed by atoms with Gasteiger partial charge in [0.2, 0.25) is 0 Å². The molecule has 1 aliphatic rings. The van der Waals surface area contributed by atoms with Crippen molar-refractivity contribution in [2.45, 2.75) is 6.92 Å². The molecule has 1 aromatic heterocycles. The summed E-state index contributed by atoms with van der Waals surface area (Å²) in [7, 11) is 0. The first-order valence-electron chi connectivity index (χ1n) is 6.27. The van der Waals surface area contributed by atoms with Gasteiger partial charge < -0.3 is 10.2 Å². The molecule has 19 heavy (non-hydrogen) atoms. The molecule has 1 fully saturated rings. The van der Waals surface area contributed by atoms with Crippen LogP contribution in [-0.4, -0.2) is 31.2 Å². The molecule has 0 radical (unpaired) electrons. The number of halogens is 2. The van der Waals surface area contributed by atoms with Crippen molar-refractivity contribution in [3.8, 4) is 0 Å². The van der Waals surface area contributed by atoms with Gasteiger partial charge in [-0.15, -0.1) is 12.4 Å². The van der Waals surface area contributed by atoms with Crippen LogP contribution in [0.25, 0.3) is 10.9 Å². The minimum atomic E-state index is 0. The Hall–Kier alpha value is -1.03. The summed E-state index contributed by atoms with van der Waals surface area (Å²) in [6.07, 6.45) is 0. The third-order valence-corrected chi connectivity index (χ3v) is 3.73. The Bertz CT molecular complexity index is 580. The van der Waals surface area contributed by atoms with E-state index in [0.29, 0.717) is 0 Å². The number of nitrogens with zero attached hydrogens (tertiary/aromatic N) is 2. The van der Waals surface area contributed by atoms with Crippen LogP contribution in [-0.2, 0) is 0 Å². The van der Waals surface area contributed by atoms with Crippen LogP contribution >= 0.6 is 24.0 Å². The summed E-state index contributed by atoms with van der Waals surface area (Å²) < 4.78 is 0. The zero-order valence-electron chi connectivity index (χ0n) is 10.8. The van der Waals surface area contributed by atoms with E-state index in [1.54, 1.807) is 0 Å². The lowest BCUT2D eigenvalue weighted by atomic mass is 10.1. The maximum Gasteiger partial charge on any atom is 0.129 e. The number of fused-ring (bicyclic) bond motifs is 1. The molecule has 0 saturated carbocycles. The van der Waals surface area contributed by atoms with E-state index >= 15 is 0 Å². The Morgan fingerprint density at radius 2 is 2.00 bits per heavy atom. The van der Waals surface area contributed by atoms with Crippen LogP contribution in [0.1, 0.15) is 5.56 Å². The normalized spacial score (nSPS) is 15.4. The molecule has 0 atom stereocenters. The maximum absolute atomic E-state index is 6.25. The lowest BCUT2D eigenvalue weighted by Gasteiger charge is -2.29. The number of aryl methyl sites for hydroxylation is 1. The first kappa shape index (κ1) is 14.4. The Morgan fingerprint density at radius 1 is 1.26 bits per heavy atom. The van der Waals surface area contributed by atoms with Gasteiger partial charge in [0.1, 0.15) is 5.82 Å². The summed E-state index contributed by atoms with van der Waals surface area (Å²) in [5, 5.41) is 5.22. The SMILES string of the molecule is Cc1cc(N2CCNCC2)nc2c(Cl)cccc12.Cl. The standard InChI is InChI=1S/C14H16ClN3.ClH/c1-10-9-13(18-7-5-16-6-8-18)17-14-11(10)3-2-4-12(14)15;/h2-4,9,16H,5-8H2,1H3;1H. The van der Waals surface area contributed by atoms with Gasteiger partial charge in [-0.1, -0.05) is 23.7 Å². The zero-order chi connectivity index (χ0) is 12.5. The summed E-state index contributed by atoms with van der Waals surface area (Å²) in [5.74, 6) is 1.04. The van der Waals surface area contributed by atoms with Crippen LogP contribution < -0.4 is 10.2 Å². The fourth-order valence-corrected chi connectivity index (χ4v) is 2.64.